The molecule has 128 valence electrons. The van der Waals surface area contributed by atoms with Crippen LogP contribution in [0.5, 0.6) is 5.75 Å². The van der Waals surface area contributed by atoms with Gasteiger partial charge in [-0.2, -0.15) is 5.10 Å². The van der Waals surface area contributed by atoms with E-state index >= 15 is 0 Å². The van der Waals surface area contributed by atoms with Crippen molar-refractivity contribution in [2.75, 3.05) is 0 Å². The monoisotopic (exact) mass is 400 g/mol. The third kappa shape index (κ3) is 3.71. The highest BCUT2D eigenvalue weighted by Gasteiger charge is 2.17. The standard InChI is InChI=1S/C18H17BrN4O2/c1-11-7-15(17(24)16(19)8-11)18(25)22-12(2)13-3-5-14(6-4-13)23-10-20-9-21-23/h3-10,12,24H,1-2H3,(H,22,25). The summed E-state index contributed by atoms with van der Waals surface area (Å²) in [6, 6.07) is 10.9. The lowest BCUT2D eigenvalue weighted by atomic mass is 10.1. The zero-order chi connectivity index (χ0) is 18.0. The van der Waals surface area contributed by atoms with Crippen molar-refractivity contribution >= 4 is 21.8 Å². The van der Waals surface area contributed by atoms with Crippen molar-refractivity contribution in [3.05, 3.63) is 70.2 Å². The number of amides is 1. The van der Waals surface area contributed by atoms with Crippen LogP contribution in [0.25, 0.3) is 5.69 Å². The number of rotatable bonds is 4. The largest absolute Gasteiger partial charge is 0.506 e. The highest BCUT2D eigenvalue weighted by atomic mass is 79.9. The Kier molecular flexibility index (Phi) is 4.85. The van der Waals surface area contributed by atoms with Crippen molar-refractivity contribution in [3.63, 3.8) is 0 Å². The van der Waals surface area contributed by atoms with Gasteiger partial charge in [-0.25, -0.2) is 9.67 Å². The highest BCUT2D eigenvalue weighted by molar-refractivity contribution is 9.10. The number of hydrogen-bond donors (Lipinski definition) is 2. The van der Waals surface area contributed by atoms with E-state index in [2.05, 4.69) is 31.3 Å². The number of nitrogens with zero attached hydrogens (tertiary/aromatic N) is 3. The first kappa shape index (κ1) is 17.2. The second kappa shape index (κ2) is 7.06. The first-order chi connectivity index (χ1) is 12.0. The second-order valence-electron chi connectivity index (χ2n) is 5.77. The molecule has 2 N–H and O–H groups in total. The van der Waals surface area contributed by atoms with Crippen LogP contribution in [0.2, 0.25) is 0 Å². The van der Waals surface area contributed by atoms with Gasteiger partial charge in [-0.1, -0.05) is 12.1 Å². The molecule has 25 heavy (non-hydrogen) atoms. The number of nitrogens with one attached hydrogen (secondary N) is 1. The number of aromatic nitrogens is 3. The van der Waals surface area contributed by atoms with Crippen LogP contribution >= 0.6 is 15.9 Å². The number of carbonyl (C=O) groups is 1. The van der Waals surface area contributed by atoms with Crippen molar-refractivity contribution in [2.24, 2.45) is 0 Å². The van der Waals surface area contributed by atoms with Crippen LogP contribution in [0, 0.1) is 6.92 Å². The molecular weight excluding hydrogens is 384 g/mol. The highest BCUT2D eigenvalue weighted by Crippen LogP contribution is 2.29. The molecule has 1 amide bonds. The lowest BCUT2D eigenvalue weighted by Crippen LogP contribution is -2.26. The van der Waals surface area contributed by atoms with Crippen LogP contribution in [-0.2, 0) is 0 Å². The van der Waals surface area contributed by atoms with Gasteiger partial charge in [0, 0.05) is 0 Å². The molecule has 1 aromatic heterocycles. The van der Waals surface area contributed by atoms with Crippen LogP contribution < -0.4 is 5.32 Å². The molecule has 3 rings (SSSR count). The van der Waals surface area contributed by atoms with Crippen LogP contribution in [0.4, 0.5) is 0 Å². The molecule has 0 bridgehead atoms. The van der Waals surface area contributed by atoms with Crippen molar-refractivity contribution in [3.8, 4) is 11.4 Å². The topological polar surface area (TPSA) is 80.0 Å². The smallest absolute Gasteiger partial charge is 0.255 e. The minimum atomic E-state index is -0.324. The molecule has 0 aliphatic rings. The van der Waals surface area contributed by atoms with Gasteiger partial charge in [-0.05, 0) is 65.2 Å². The normalized spacial score (nSPS) is 12.0. The third-order valence-electron chi connectivity index (χ3n) is 3.88. The Morgan fingerprint density at radius 3 is 2.64 bits per heavy atom. The summed E-state index contributed by atoms with van der Waals surface area (Å²) in [6.07, 6.45) is 3.10. The lowest BCUT2D eigenvalue weighted by Gasteiger charge is -2.16. The Morgan fingerprint density at radius 1 is 1.28 bits per heavy atom. The fourth-order valence-corrected chi connectivity index (χ4v) is 3.10. The summed E-state index contributed by atoms with van der Waals surface area (Å²) in [4.78, 5) is 16.4. The molecule has 0 fully saturated rings. The fourth-order valence-electron chi connectivity index (χ4n) is 2.52. The minimum Gasteiger partial charge on any atom is -0.506 e. The van der Waals surface area contributed by atoms with E-state index in [0.29, 0.717) is 4.47 Å². The number of carbonyl (C=O) groups excluding carboxylic acids is 1. The summed E-state index contributed by atoms with van der Waals surface area (Å²) in [6.45, 7) is 3.76. The molecule has 0 spiro atoms. The lowest BCUT2D eigenvalue weighted by molar-refractivity contribution is 0.0937. The Hall–Kier alpha value is -2.67. The van der Waals surface area contributed by atoms with Gasteiger partial charge in [0.1, 0.15) is 18.4 Å². The number of halogens is 1. The Bertz CT molecular complexity index is 892. The predicted molar refractivity (Wildman–Crippen MR) is 97.8 cm³/mol. The number of phenols is 1. The van der Waals surface area contributed by atoms with Crippen LogP contribution in [-0.4, -0.2) is 25.8 Å². The van der Waals surface area contributed by atoms with Crippen molar-refractivity contribution in [1.29, 1.82) is 0 Å². The Labute approximate surface area is 153 Å². The zero-order valence-electron chi connectivity index (χ0n) is 13.8. The average molecular weight is 401 g/mol. The summed E-state index contributed by atoms with van der Waals surface area (Å²) in [5.74, 6) is -0.383. The van der Waals surface area contributed by atoms with Gasteiger partial charge in [0.05, 0.1) is 21.8 Å². The van der Waals surface area contributed by atoms with Gasteiger partial charge >= 0.3 is 0 Å². The molecule has 0 saturated heterocycles. The van der Waals surface area contributed by atoms with Crippen molar-refractivity contribution in [2.45, 2.75) is 19.9 Å². The van der Waals surface area contributed by atoms with Crippen molar-refractivity contribution in [1.82, 2.24) is 20.1 Å². The molecule has 6 nitrogen and oxygen atoms in total. The molecule has 7 heteroatoms. The van der Waals surface area contributed by atoms with E-state index in [1.54, 1.807) is 23.1 Å². The van der Waals surface area contributed by atoms with E-state index in [1.807, 2.05) is 38.1 Å². The van der Waals surface area contributed by atoms with E-state index in [1.165, 1.54) is 6.33 Å². The molecule has 0 aliphatic carbocycles. The zero-order valence-corrected chi connectivity index (χ0v) is 15.4. The summed E-state index contributed by atoms with van der Waals surface area (Å²) in [5, 5.41) is 17.1. The summed E-state index contributed by atoms with van der Waals surface area (Å²) >= 11 is 3.26. The van der Waals surface area contributed by atoms with Crippen LogP contribution in [0.3, 0.4) is 0 Å². The van der Waals surface area contributed by atoms with E-state index in [4.69, 9.17) is 0 Å². The predicted octanol–water partition coefficient (Wildman–Crippen LogP) is 3.53. The molecule has 0 saturated carbocycles. The first-order valence-electron chi connectivity index (χ1n) is 7.70. The maximum absolute atomic E-state index is 12.5. The molecule has 0 aliphatic heterocycles. The van der Waals surface area contributed by atoms with Gasteiger partial charge in [0.25, 0.3) is 5.91 Å². The van der Waals surface area contributed by atoms with E-state index in [9.17, 15) is 9.90 Å². The summed E-state index contributed by atoms with van der Waals surface area (Å²) in [7, 11) is 0. The second-order valence-corrected chi connectivity index (χ2v) is 6.62. The summed E-state index contributed by atoms with van der Waals surface area (Å²) in [5.41, 5.74) is 2.97. The quantitative estimate of drug-likeness (QED) is 0.701. The Balaban J connectivity index is 1.76. The van der Waals surface area contributed by atoms with Gasteiger partial charge in [0.2, 0.25) is 0 Å². The molecule has 1 unspecified atom stereocenters. The molecule has 3 aromatic rings. The van der Waals surface area contributed by atoms with E-state index < -0.39 is 0 Å². The van der Waals surface area contributed by atoms with E-state index in [0.717, 1.165) is 16.8 Å². The number of benzene rings is 2. The fraction of sp³-hybridized carbons (Fsp3) is 0.167. The third-order valence-corrected chi connectivity index (χ3v) is 4.48. The minimum absolute atomic E-state index is 0.0585. The number of phenolic OH excluding ortho intramolecular Hbond substituents is 1. The number of hydrogen-bond acceptors (Lipinski definition) is 4. The molecule has 1 atom stereocenters. The van der Waals surface area contributed by atoms with Gasteiger partial charge < -0.3 is 10.4 Å². The molecule has 1 heterocycles. The molecule has 2 aromatic carbocycles. The SMILES string of the molecule is Cc1cc(Br)c(O)c(C(=O)NC(C)c2ccc(-n3cncn3)cc2)c1. The molecule has 0 radical (unpaired) electrons. The Morgan fingerprint density at radius 2 is 2.00 bits per heavy atom. The average Bonchev–Trinajstić information content (AvgIpc) is 3.12. The summed E-state index contributed by atoms with van der Waals surface area (Å²) < 4.78 is 2.16. The van der Waals surface area contributed by atoms with Gasteiger partial charge in [-0.3, -0.25) is 4.79 Å². The van der Waals surface area contributed by atoms with Crippen molar-refractivity contribution < 1.29 is 9.90 Å². The maximum Gasteiger partial charge on any atom is 0.255 e. The van der Waals surface area contributed by atoms with Gasteiger partial charge in [0.15, 0.2) is 0 Å². The van der Waals surface area contributed by atoms with Crippen LogP contribution in [0.1, 0.15) is 34.5 Å². The van der Waals surface area contributed by atoms with Gasteiger partial charge in [-0.15, -0.1) is 0 Å². The maximum atomic E-state index is 12.5. The number of aryl methyl sites for hydroxylation is 1. The molecular formula is C18H17BrN4O2. The first-order valence-corrected chi connectivity index (χ1v) is 8.50. The van der Waals surface area contributed by atoms with E-state index in [-0.39, 0.29) is 23.3 Å². The van der Waals surface area contributed by atoms with Crippen LogP contribution in [0.15, 0.2) is 53.5 Å². The number of aromatic hydroxyl groups is 1.